The number of benzene rings is 1. The third-order valence-electron chi connectivity index (χ3n) is 1.20. The molecule has 71 valence electrons. The highest BCUT2D eigenvalue weighted by molar-refractivity contribution is 8.00. The number of alkyl halides is 3. The highest BCUT2D eigenvalue weighted by atomic mass is 32.2. The fraction of sp³-hybridized carbons (Fsp3) is 0.250. The molecule has 0 fully saturated rings. The number of thioether (sulfide) groups is 1. The molecule has 0 aliphatic carbocycles. The Morgan fingerprint density at radius 3 is 2.69 bits per heavy atom. The molecule has 0 bridgehead atoms. The zero-order chi connectivity index (χ0) is 9.90. The average Bonchev–Trinajstić information content (AvgIpc) is 2.01. The van der Waals surface area contributed by atoms with Crippen LogP contribution in [0.3, 0.4) is 0 Å². The molecule has 5 heteroatoms. The first-order valence-corrected chi connectivity index (χ1v) is 4.14. The fourth-order valence-corrected chi connectivity index (χ4v) is 1.31. The van der Waals surface area contributed by atoms with Gasteiger partial charge in [0.2, 0.25) is 0 Å². The number of methoxy groups -OCH3 is 1. The van der Waals surface area contributed by atoms with Gasteiger partial charge in [0.05, 0.1) is 7.11 Å². The lowest BCUT2D eigenvalue weighted by Gasteiger charge is -2.06. The van der Waals surface area contributed by atoms with E-state index in [9.17, 15) is 13.2 Å². The van der Waals surface area contributed by atoms with Crippen molar-refractivity contribution in [1.82, 2.24) is 0 Å². The molecule has 0 spiro atoms. The Kier molecular flexibility index (Phi) is 3.08. The number of hydrogen-bond acceptors (Lipinski definition) is 2. The van der Waals surface area contributed by atoms with Crippen molar-refractivity contribution in [2.45, 2.75) is 10.4 Å². The van der Waals surface area contributed by atoms with Gasteiger partial charge in [-0.25, -0.2) is 0 Å². The molecular formula is C8H6F3OS. The summed E-state index contributed by atoms with van der Waals surface area (Å²) in [5, 5.41) is 0. The standard InChI is InChI=1S/C8H6F3OS/c1-12-6-3-2-4-7(5-6)13-8(9,10)11/h2,4-5H,1H3. The summed E-state index contributed by atoms with van der Waals surface area (Å²) in [5.41, 5.74) is -4.26. The van der Waals surface area contributed by atoms with Gasteiger partial charge in [0.25, 0.3) is 0 Å². The van der Waals surface area contributed by atoms with Crippen LogP contribution in [0.15, 0.2) is 23.1 Å². The highest BCUT2D eigenvalue weighted by Crippen LogP contribution is 2.37. The first-order valence-electron chi connectivity index (χ1n) is 3.33. The molecular weight excluding hydrogens is 201 g/mol. The minimum absolute atomic E-state index is 0.100. The minimum atomic E-state index is -4.26. The van der Waals surface area contributed by atoms with E-state index in [0.717, 1.165) is 0 Å². The molecule has 1 aromatic rings. The molecule has 0 heterocycles. The van der Waals surface area contributed by atoms with Gasteiger partial charge >= 0.3 is 5.51 Å². The summed E-state index contributed by atoms with van der Waals surface area (Å²) < 4.78 is 40.4. The van der Waals surface area contributed by atoms with Crippen molar-refractivity contribution >= 4 is 11.8 Å². The van der Waals surface area contributed by atoms with Crippen LogP contribution in [-0.4, -0.2) is 12.6 Å². The third kappa shape index (κ3) is 3.59. The van der Waals surface area contributed by atoms with Crippen molar-refractivity contribution in [1.29, 1.82) is 0 Å². The van der Waals surface area contributed by atoms with E-state index >= 15 is 0 Å². The van der Waals surface area contributed by atoms with Crippen molar-refractivity contribution in [3.63, 3.8) is 0 Å². The second kappa shape index (κ2) is 3.91. The van der Waals surface area contributed by atoms with Crippen LogP contribution in [0.5, 0.6) is 5.75 Å². The quantitative estimate of drug-likeness (QED) is 0.689. The third-order valence-corrected chi connectivity index (χ3v) is 1.92. The SMILES string of the molecule is COc1[c]ccc(SC(F)(F)F)c1. The predicted molar refractivity (Wildman–Crippen MR) is 43.7 cm³/mol. The zero-order valence-electron chi connectivity index (χ0n) is 6.68. The van der Waals surface area contributed by atoms with Gasteiger partial charge in [-0.15, -0.1) is 0 Å². The highest BCUT2D eigenvalue weighted by Gasteiger charge is 2.29. The Morgan fingerprint density at radius 1 is 1.46 bits per heavy atom. The van der Waals surface area contributed by atoms with Gasteiger partial charge in [-0.1, -0.05) is 0 Å². The largest absolute Gasteiger partial charge is 0.496 e. The molecule has 0 aliphatic rings. The minimum Gasteiger partial charge on any atom is -0.496 e. The number of halogens is 3. The molecule has 0 aromatic heterocycles. The van der Waals surface area contributed by atoms with Gasteiger partial charge < -0.3 is 4.74 Å². The van der Waals surface area contributed by atoms with Crippen LogP contribution in [0.1, 0.15) is 0 Å². The molecule has 0 saturated carbocycles. The van der Waals surface area contributed by atoms with Gasteiger partial charge in [0, 0.05) is 11.0 Å². The normalized spacial score (nSPS) is 11.4. The molecule has 0 aliphatic heterocycles. The maximum absolute atomic E-state index is 11.9. The smallest absolute Gasteiger partial charge is 0.446 e. The van der Waals surface area contributed by atoms with Crippen LogP contribution in [0.2, 0.25) is 0 Å². The lowest BCUT2D eigenvalue weighted by atomic mass is 10.3. The molecule has 1 nitrogen and oxygen atoms in total. The van der Waals surface area contributed by atoms with Crippen LogP contribution < -0.4 is 4.74 Å². The molecule has 0 unspecified atom stereocenters. The Bertz CT molecular complexity index is 285. The van der Waals surface area contributed by atoms with Crippen molar-refractivity contribution in [2.24, 2.45) is 0 Å². The van der Waals surface area contributed by atoms with E-state index in [-0.39, 0.29) is 16.7 Å². The van der Waals surface area contributed by atoms with Gasteiger partial charge in [-0.2, -0.15) is 13.2 Å². The summed E-state index contributed by atoms with van der Waals surface area (Å²) >= 11 is -0.170. The second-order valence-corrected chi connectivity index (χ2v) is 3.28. The van der Waals surface area contributed by atoms with E-state index in [1.807, 2.05) is 0 Å². The van der Waals surface area contributed by atoms with Crippen LogP contribution in [0.25, 0.3) is 0 Å². The molecule has 0 saturated heterocycles. The van der Waals surface area contributed by atoms with Gasteiger partial charge in [-0.05, 0) is 30.0 Å². The Hall–Kier alpha value is -0.840. The average molecular weight is 207 g/mol. The summed E-state index contributed by atoms with van der Waals surface area (Å²) in [6.45, 7) is 0. The Labute approximate surface area is 77.9 Å². The van der Waals surface area contributed by atoms with Gasteiger partial charge in [0.15, 0.2) is 0 Å². The van der Waals surface area contributed by atoms with Crippen LogP contribution in [-0.2, 0) is 0 Å². The summed E-state index contributed by atoms with van der Waals surface area (Å²) in [6, 6.07) is 6.66. The topological polar surface area (TPSA) is 9.23 Å². The summed E-state index contributed by atoms with van der Waals surface area (Å²) in [4.78, 5) is 0.100. The van der Waals surface area contributed by atoms with Crippen molar-refractivity contribution in [2.75, 3.05) is 7.11 Å². The van der Waals surface area contributed by atoms with Crippen LogP contribution >= 0.6 is 11.8 Å². The van der Waals surface area contributed by atoms with Crippen molar-refractivity contribution in [3.8, 4) is 5.75 Å². The van der Waals surface area contributed by atoms with Gasteiger partial charge in [-0.3, -0.25) is 0 Å². The first-order chi connectivity index (χ1) is 6.01. The number of ether oxygens (including phenoxy) is 1. The monoisotopic (exact) mass is 207 g/mol. The van der Waals surface area contributed by atoms with E-state index in [2.05, 4.69) is 6.07 Å². The number of rotatable bonds is 2. The summed E-state index contributed by atoms with van der Waals surface area (Å²) in [5.74, 6) is 0.300. The predicted octanol–water partition coefficient (Wildman–Crippen LogP) is 3.11. The van der Waals surface area contributed by atoms with E-state index in [1.165, 1.54) is 25.3 Å². The second-order valence-electron chi connectivity index (χ2n) is 2.14. The molecule has 1 rings (SSSR count). The van der Waals surface area contributed by atoms with E-state index < -0.39 is 5.51 Å². The van der Waals surface area contributed by atoms with Crippen molar-refractivity contribution < 1.29 is 17.9 Å². The van der Waals surface area contributed by atoms with Crippen LogP contribution in [0.4, 0.5) is 13.2 Å². The Morgan fingerprint density at radius 2 is 2.15 bits per heavy atom. The van der Waals surface area contributed by atoms with Crippen LogP contribution in [0, 0.1) is 6.07 Å². The molecule has 1 aromatic carbocycles. The van der Waals surface area contributed by atoms with E-state index in [4.69, 9.17) is 4.74 Å². The maximum Gasteiger partial charge on any atom is 0.446 e. The number of hydrogen-bond donors (Lipinski definition) is 0. The zero-order valence-corrected chi connectivity index (χ0v) is 7.50. The fourth-order valence-electron chi connectivity index (χ4n) is 0.740. The maximum atomic E-state index is 11.9. The molecule has 1 radical (unpaired) electrons. The van der Waals surface area contributed by atoms with Crippen molar-refractivity contribution in [3.05, 3.63) is 24.3 Å². The summed E-state index contributed by atoms with van der Waals surface area (Å²) in [7, 11) is 1.38. The lowest BCUT2D eigenvalue weighted by molar-refractivity contribution is -0.0328. The van der Waals surface area contributed by atoms with E-state index in [0.29, 0.717) is 5.75 Å². The lowest BCUT2D eigenvalue weighted by Crippen LogP contribution is -1.98. The van der Waals surface area contributed by atoms with E-state index in [1.54, 1.807) is 0 Å². The van der Waals surface area contributed by atoms with Gasteiger partial charge in [0.1, 0.15) is 5.75 Å². The summed E-state index contributed by atoms with van der Waals surface area (Å²) in [6.07, 6.45) is 0. The molecule has 0 N–H and O–H groups in total. The molecule has 13 heavy (non-hydrogen) atoms. The molecule has 0 atom stereocenters. The molecule has 0 amide bonds. The Balaban J connectivity index is 2.78. The first kappa shape index (κ1) is 10.2.